The minimum Gasteiger partial charge on any atom is -0.362 e. The maximum absolute atomic E-state index is 13.0. The summed E-state index contributed by atoms with van der Waals surface area (Å²) in [6.07, 6.45) is 0. The van der Waals surface area contributed by atoms with Crippen molar-refractivity contribution in [1.29, 1.82) is 0 Å². The highest BCUT2D eigenvalue weighted by Crippen LogP contribution is 2.24. The molecule has 2 aromatic rings. The van der Waals surface area contributed by atoms with Crippen molar-refractivity contribution in [3.63, 3.8) is 0 Å². The number of aromatic nitrogens is 1. The fourth-order valence-corrected chi connectivity index (χ4v) is 3.28. The van der Waals surface area contributed by atoms with Gasteiger partial charge in [0.25, 0.3) is 11.8 Å². The summed E-state index contributed by atoms with van der Waals surface area (Å²) in [7, 11) is 3.47. The normalized spacial score (nSPS) is 21.1. The molecular formula is C18H23N3O3. The van der Waals surface area contributed by atoms with Gasteiger partial charge in [-0.25, -0.2) is 0 Å². The molecule has 1 atom stereocenters. The molecule has 1 N–H and O–H groups in total. The standard InChI is InChI=1S/C18H23N3O3/c1-12-5-6-14-13(9-12)10-15(20(14)4)16(22)21-7-8-24-18(2,11-21)17(23)19-3/h5-6,9-10H,7-8,11H2,1-4H3,(H,19,23)/t18-/m0/s1. The maximum atomic E-state index is 13.0. The zero-order chi connectivity index (χ0) is 17.5. The van der Waals surface area contributed by atoms with Crippen LogP contribution in [0.1, 0.15) is 23.0 Å². The van der Waals surface area contributed by atoms with Crippen molar-refractivity contribution in [3.05, 3.63) is 35.5 Å². The summed E-state index contributed by atoms with van der Waals surface area (Å²) < 4.78 is 7.53. The van der Waals surface area contributed by atoms with Gasteiger partial charge in [-0.05, 0) is 32.0 Å². The van der Waals surface area contributed by atoms with Crippen LogP contribution in [0.5, 0.6) is 0 Å². The quantitative estimate of drug-likeness (QED) is 0.907. The molecule has 1 aliphatic heterocycles. The molecule has 1 aromatic heterocycles. The number of nitrogens with one attached hydrogen (secondary N) is 1. The number of carbonyl (C=O) groups excluding carboxylic acids is 2. The molecule has 2 amide bonds. The van der Waals surface area contributed by atoms with E-state index >= 15 is 0 Å². The highest BCUT2D eigenvalue weighted by Gasteiger charge is 2.40. The highest BCUT2D eigenvalue weighted by atomic mass is 16.5. The number of fused-ring (bicyclic) bond motifs is 1. The van der Waals surface area contributed by atoms with Crippen molar-refractivity contribution in [3.8, 4) is 0 Å². The lowest BCUT2D eigenvalue weighted by molar-refractivity contribution is -0.153. The van der Waals surface area contributed by atoms with Crippen molar-refractivity contribution < 1.29 is 14.3 Å². The molecule has 6 nitrogen and oxygen atoms in total. The minimum absolute atomic E-state index is 0.0789. The van der Waals surface area contributed by atoms with Crippen LogP contribution < -0.4 is 5.32 Å². The second-order valence-corrected chi connectivity index (χ2v) is 6.54. The number of benzene rings is 1. The second kappa shape index (κ2) is 5.94. The zero-order valence-corrected chi connectivity index (χ0v) is 14.5. The highest BCUT2D eigenvalue weighted by molar-refractivity contribution is 5.99. The molecule has 6 heteroatoms. The van der Waals surface area contributed by atoms with Crippen molar-refractivity contribution in [1.82, 2.24) is 14.8 Å². The molecule has 1 aromatic carbocycles. The summed E-state index contributed by atoms with van der Waals surface area (Å²) in [5, 5.41) is 3.65. The zero-order valence-electron chi connectivity index (χ0n) is 14.5. The molecule has 0 radical (unpaired) electrons. The molecular weight excluding hydrogens is 306 g/mol. The van der Waals surface area contributed by atoms with Gasteiger partial charge in [-0.3, -0.25) is 9.59 Å². The van der Waals surface area contributed by atoms with E-state index in [0.29, 0.717) is 18.8 Å². The van der Waals surface area contributed by atoms with Crippen LogP contribution in [0.25, 0.3) is 10.9 Å². The van der Waals surface area contributed by atoms with Gasteiger partial charge in [-0.15, -0.1) is 0 Å². The average Bonchev–Trinajstić information content (AvgIpc) is 2.89. The Balaban J connectivity index is 1.91. The van der Waals surface area contributed by atoms with E-state index in [0.717, 1.165) is 16.5 Å². The van der Waals surface area contributed by atoms with Gasteiger partial charge in [-0.1, -0.05) is 11.6 Å². The number of hydrogen-bond donors (Lipinski definition) is 1. The largest absolute Gasteiger partial charge is 0.362 e. The van der Waals surface area contributed by atoms with Gasteiger partial charge in [0, 0.05) is 31.5 Å². The van der Waals surface area contributed by atoms with Gasteiger partial charge in [0.15, 0.2) is 5.60 Å². The van der Waals surface area contributed by atoms with Crippen LogP contribution in [0.4, 0.5) is 0 Å². The summed E-state index contributed by atoms with van der Waals surface area (Å²) in [6.45, 7) is 4.82. The Hall–Kier alpha value is -2.34. The van der Waals surface area contributed by atoms with E-state index in [9.17, 15) is 9.59 Å². The molecule has 0 aliphatic carbocycles. The molecule has 1 fully saturated rings. The first-order valence-electron chi connectivity index (χ1n) is 8.07. The first-order valence-corrected chi connectivity index (χ1v) is 8.07. The number of amides is 2. The van der Waals surface area contributed by atoms with Crippen LogP contribution in [0.3, 0.4) is 0 Å². The topological polar surface area (TPSA) is 63.6 Å². The van der Waals surface area contributed by atoms with Crippen LogP contribution in [-0.2, 0) is 16.6 Å². The molecule has 0 bridgehead atoms. The number of hydrogen-bond acceptors (Lipinski definition) is 3. The summed E-state index contributed by atoms with van der Waals surface area (Å²) in [5.74, 6) is -0.294. The van der Waals surface area contributed by atoms with E-state index in [1.54, 1.807) is 18.9 Å². The lowest BCUT2D eigenvalue weighted by Gasteiger charge is -2.39. The van der Waals surface area contributed by atoms with Gasteiger partial charge in [0.05, 0.1) is 13.2 Å². The smallest absolute Gasteiger partial charge is 0.270 e. The fourth-order valence-electron chi connectivity index (χ4n) is 3.28. The summed E-state index contributed by atoms with van der Waals surface area (Å²) in [6, 6.07) is 8.04. The van der Waals surface area contributed by atoms with Gasteiger partial charge >= 0.3 is 0 Å². The van der Waals surface area contributed by atoms with Crippen molar-refractivity contribution in [2.75, 3.05) is 26.7 Å². The first-order chi connectivity index (χ1) is 11.4. The molecule has 2 heterocycles. The van der Waals surface area contributed by atoms with Crippen LogP contribution in [0.15, 0.2) is 24.3 Å². The van der Waals surface area contributed by atoms with E-state index in [1.807, 2.05) is 36.7 Å². The van der Waals surface area contributed by atoms with Gasteiger partial charge in [0.1, 0.15) is 5.69 Å². The van der Waals surface area contributed by atoms with Crippen molar-refractivity contribution in [2.24, 2.45) is 7.05 Å². The maximum Gasteiger partial charge on any atom is 0.270 e. The molecule has 0 saturated carbocycles. The van der Waals surface area contributed by atoms with Crippen LogP contribution in [0.2, 0.25) is 0 Å². The first kappa shape index (κ1) is 16.5. The Morgan fingerprint density at radius 3 is 2.75 bits per heavy atom. The fraction of sp³-hybridized carbons (Fsp3) is 0.444. The third kappa shape index (κ3) is 2.67. The Morgan fingerprint density at radius 1 is 1.29 bits per heavy atom. The van der Waals surface area contributed by atoms with Crippen molar-refractivity contribution >= 4 is 22.7 Å². The monoisotopic (exact) mass is 329 g/mol. The molecule has 1 aliphatic rings. The molecule has 3 rings (SSSR count). The number of nitrogens with zero attached hydrogens (tertiary/aromatic N) is 2. The molecule has 0 unspecified atom stereocenters. The Morgan fingerprint density at radius 2 is 2.04 bits per heavy atom. The number of aryl methyl sites for hydroxylation is 2. The van der Waals surface area contributed by atoms with E-state index in [4.69, 9.17) is 4.74 Å². The predicted octanol–water partition coefficient (Wildman–Crippen LogP) is 1.46. The summed E-state index contributed by atoms with van der Waals surface area (Å²) >= 11 is 0. The predicted molar refractivity (Wildman–Crippen MR) is 92.0 cm³/mol. The van der Waals surface area contributed by atoms with E-state index in [2.05, 4.69) is 11.4 Å². The lowest BCUT2D eigenvalue weighted by atomic mass is 10.0. The lowest BCUT2D eigenvalue weighted by Crippen LogP contribution is -2.59. The van der Waals surface area contributed by atoms with E-state index in [1.165, 1.54) is 0 Å². The van der Waals surface area contributed by atoms with E-state index < -0.39 is 5.60 Å². The van der Waals surface area contributed by atoms with Crippen LogP contribution in [-0.4, -0.2) is 53.6 Å². The van der Waals surface area contributed by atoms with Crippen LogP contribution >= 0.6 is 0 Å². The van der Waals surface area contributed by atoms with E-state index in [-0.39, 0.29) is 18.4 Å². The van der Waals surface area contributed by atoms with Crippen molar-refractivity contribution in [2.45, 2.75) is 19.4 Å². The summed E-state index contributed by atoms with van der Waals surface area (Å²) in [4.78, 5) is 26.7. The molecule has 1 saturated heterocycles. The third-order valence-corrected chi connectivity index (χ3v) is 4.69. The Labute approximate surface area is 141 Å². The Bertz CT molecular complexity index is 811. The van der Waals surface area contributed by atoms with Gasteiger partial charge in [0.2, 0.25) is 0 Å². The molecule has 128 valence electrons. The number of morpholine rings is 1. The average molecular weight is 329 g/mol. The molecule has 0 spiro atoms. The van der Waals surface area contributed by atoms with Gasteiger partial charge in [-0.2, -0.15) is 0 Å². The van der Waals surface area contributed by atoms with Gasteiger partial charge < -0.3 is 19.5 Å². The minimum atomic E-state index is -1.01. The molecule has 24 heavy (non-hydrogen) atoms. The third-order valence-electron chi connectivity index (χ3n) is 4.69. The van der Waals surface area contributed by atoms with Crippen LogP contribution in [0, 0.1) is 6.92 Å². The number of ether oxygens (including phenoxy) is 1. The number of carbonyl (C=O) groups is 2. The second-order valence-electron chi connectivity index (χ2n) is 6.54. The SMILES string of the molecule is CNC(=O)[C@]1(C)CN(C(=O)c2cc3cc(C)ccc3n2C)CCO1. The summed E-state index contributed by atoms with van der Waals surface area (Å²) in [5.41, 5.74) is 1.79. The number of rotatable bonds is 2. The number of likely N-dealkylation sites (N-methyl/N-ethyl adjacent to an activating group) is 1. The Kier molecular flexibility index (Phi) is 4.09.